The number of hydrogen-bond donors (Lipinski definition) is 1. The summed E-state index contributed by atoms with van der Waals surface area (Å²) in [5.41, 5.74) is 5.28. The lowest BCUT2D eigenvalue weighted by Gasteiger charge is -2.23. The van der Waals surface area contributed by atoms with Crippen molar-refractivity contribution in [2.45, 2.75) is 13.8 Å². The predicted octanol–water partition coefficient (Wildman–Crippen LogP) is 2.23. The maximum absolute atomic E-state index is 12.2. The number of sulfonamides is 1. The normalized spacial score (nSPS) is 11.4. The molecule has 0 saturated carbocycles. The van der Waals surface area contributed by atoms with Gasteiger partial charge in [-0.2, -0.15) is 5.10 Å². The molecule has 0 spiro atoms. The Morgan fingerprint density at radius 1 is 1.19 bits per heavy atom. The summed E-state index contributed by atoms with van der Waals surface area (Å²) in [7, 11) is -2.05. The highest BCUT2D eigenvalue weighted by atomic mass is 32.2. The van der Waals surface area contributed by atoms with Gasteiger partial charge in [0.2, 0.25) is 10.0 Å². The first-order valence-electron chi connectivity index (χ1n) is 8.21. The van der Waals surface area contributed by atoms with Crippen molar-refractivity contribution in [3.05, 3.63) is 59.2 Å². The fourth-order valence-corrected chi connectivity index (χ4v) is 3.31. The summed E-state index contributed by atoms with van der Waals surface area (Å²) in [5.74, 6) is 0.180. The molecule has 1 amide bonds. The maximum Gasteiger partial charge on any atom is 0.260 e. The van der Waals surface area contributed by atoms with Crippen LogP contribution in [0, 0.1) is 13.8 Å². The number of nitrogens with zero attached hydrogens (tertiary/aromatic N) is 2. The molecule has 1 N–H and O–H groups in total. The van der Waals surface area contributed by atoms with Crippen molar-refractivity contribution in [1.82, 2.24) is 5.43 Å². The third-order valence-corrected chi connectivity index (χ3v) is 4.97. The van der Waals surface area contributed by atoms with E-state index in [1.54, 1.807) is 44.4 Å². The third kappa shape index (κ3) is 5.82. The molecule has 0 heterocycles. The van der Waals surface area contributed by atoms with Crippen molar-refractivity contribution >= 4 is 27.8 Å². The lowest BCUT2D eigenvalue weighted by Crippen LogP contribution is -2.39. The minimum atomic E-state index is -3.63. The SMILES string of the molecule is COc1ccc(/C=N\NC(=O)CN(c2cc(C)ccc2C)S(C)(=O)=O)cc1. The molecular formula is C19H23N3O4S. The molecule has 0 aliphatic rings. The Bertz CT molecular complexity index is 938. The minimum absolute atomic E-state index is 0.358. The Morgan fingerprint density at radius 2 is 1.85 bits per heavy atom. The van der Waals surface area contributed by atoms with E-state index in [2.05, 4.69) is 10.5 Å². The van der Waals surface area contributed by atoms with Gasteiger partial charge < -0.3 is 4.74 Å². The smallest absolute Gasteiger partial charge is 0.260 e. The molecule has 0 aliphatic carbocycles. The second-order valence-corrected chi connectivity index (χ2v) is 8.03. The van der Waals surface area contributed by atoms with Crippen LogP contribution in [0.15, 0.2) is 47.6 Å². The Kier molecular flexibility index (Phi) is 6.57. The van der Waals surface area contributed by atoms with E-state index >= 15 is 0 Å². The zero-order chi connectivity index (χ0) is 20.0. The molecule has 2 aromatic carbocycles. The second-order valence-electron chi connectivity index (χ2n) is 6.13. The van der Waals surface area contributed by atoms with Crippen molar-refractivity contribution < 1.29 is 17.9 Å². The van der Waals surface area contributed by atoms with E-state index in [0.29, 0.717) is 11.4 Å². The van der Waals surface area contributed by atoms with Crippen LogP contribution < -0.4 is 14.5 Å². The van der Waals surface area contributed by atoms with Gasteiger partial charge in [0.15, 0.2) is 0 Å². The zero-order valence-corrected chi connectivity index (χ0v) is 16.6. The van der Waals surface area contributed by atoms with Gasteiger partial charge in [-0.15, -0.1) is 0 Å². The van der Waals surface area contributed by atoms with Gasteiger partial charge in [-0.05, 0) is 60.9 Å². The molecule has 0 bridgehead atoms. The predicted molar refractivity (Wildman–Crippen MR) is 107 cm³/mol. The number of hydrazone groups is 1. The molecule has 0 aromatic heterocycles. The number of carbonyl (C=O) groups excluding carboxylic acids is 1. The van der Waals surface area contributed by atoms with Crippen LogP contribution in [0.4, 0.5) is 5.69 Å². The molecule has 0 atom stereocenters. The van der Waals surface area contributed by atoms with E-state index < -0.39 is 15.9 Å². The average Bonchev–Trinajstić information content (AvgIpc) is 2.61. The number of hydrogen-bond acceptors (Lipinski definition) is 5. The van der Waals surface area contributed by atoms with Crippen LogP contribution in [0.5, 0.6) is 5.75 Å². The van der Waals surface area contributed by atoms with Gasteiger partial charge >= 0.3 is 0 Å². The number of nitrogens with one attached hydrogen (secondary N) is 1. The van der Waals surface area contributed by atoms with Crippen LogP contribution in [-0.2, 0) is 14.8 Å². The first-order valence-corrected chi connectivity index (χ1v) is 10.1. The highest BCUT2D eigenvalue weighted by Crippen LogP contribution is 2.23. The van der Waals surface area contributed by atoms with Crippen LogP contribution in [0.3, 0.4) is 0 Å². The number of carbonyl (C=O) groups is 1. The summed E-state index contributed by atoms with van der Waals surface area (Å²) in [6, 6.07) is 12.6. The molecule has 0 aliphatic heterocycles. The molecular weight excluding hydrogens is 366 g/mol. The maximum atomic E-state index is 12.2. The molecule has 2 aromatic rings. The van der Waals surface area contributed by atoms with Crippen molar-refractivity contribution in [2.75, 3.05) is 24.2 Å². The van der Waals surface area contributed by atoms with Gasteiger partial charge in [-0.3, -0.25) is 9.10 Å². The highest BCUT2D eigenvalue weighted by molar-refractivity contribution is 7.92. The summed E-state index contributed by atoms with van der Waals surface area (Å²) in [6.45, 7) is 3.30. The molecule has 0 saturated heterocycles. The van der Waals surface area contributed by atoms with Gasteiger partial charge in [0.25, 0.3) is 5.91 Å². The van der Waals surface area contributed by atoms with E-state index in [1.165, 1.54) is 6.21 Å². The van der Waals surface area contributed by atoms with E-state index in [4.69, 9.17) is 4.74 Å². The number of anilines is 1. The first-order chi connectivity index (χ1) is 12.7. The molecule has 8 heteroatoms. The summed E-state index contributed by atoms with van der Waals surface area (Å²) in [4.78, 5) is 12.2. The van der Waals surface area contributed by atoms with Crippen molar-refractivity contribution in [1.29, 1.82) is 0 Å². The summed E-state index contributed by atoms with van der Waals surface area (Å²) in [6.07, 6.45) is 2.54. The van der Waals surface area contributed by atoms with Crippen LogP contribution in [0.2, 0.25) is 0 Å². The van der Waals surface area contributed by atoms with Gasteiger partial charge in [0.05, 0.1) is 25.3 Å². The van der Waals surface area contributed by atoms with E-state index in [-0.39, 0.29) is 6.54 Å². The Hall–Kier alpha value is -2.87. The number of aryl methyl sites for hydroxylation is 2. The van der Waals surface area contributed by atoms with Gasteiger partial charge in [-0.1, -0.05) is 12.1 Å². The van der Waals surface area contributed by atoms with Crippen LogP contribution in [0.25, 0.3) is 0 Å². The monoisotopic (exact) mass is 389 g/mol. The molecule has 0 fully saturated rings. The number of amides is 1. The van der Waals surface area contributed by atoms with Gasteiger partial charge in [0, 0.05) is 0 Å². The number of benzene rings is 2. The fraction of sp³-hybridized carbons (Fsp3) is 0.263. The lowest BCUT2D eigenvalue weighted by atomic mass is 10.1. The highest BCUT2D eigenvalue weighted by Gasteiger charge is 2.22. The summed E-state index contributed by atoms with van der Waals surface area (Å²) >= 11 is 0. The van der Waals surface area contributed by atoms with Crippen LogP contribution in [0.1, 0.15) is 16.7 Å². The van der Waals surface area contributed by atoms with Crippen molar-refractivity contribution in [3.8, 4) is 5.75 Å². The second kappa shape index (κ2) is 8.68. The molecule has 27 heavy (non-hydrogen) atoms. The van der Waals surface area contributed by atoms with E-state index in [0.717, 1.165) is 27.3 Å². The largest absolute Gasteiger partial charge is 0.497 e. The van der Waals surface area contributed by atoms with E-state index in [9.17, 15) is 13.2 Å². The third-order valence-electron chi connectivity index (χ3n) is 3.84. The molecule has 144 valence electrons. The minimum Gasteiger partial charge on any atom is -0.497 e. The molecule has 2 rings (SSSR count). The van der Waals surface area contributed by atoms with Crippen LogP contribution in [-0.4, -0.2) is 40.4 Å². The molecule has 0 unspecified atom stereocenters. The average molecular weight is 389 g/mol. The van der Waals surface area contributed by atoms with Gasteiger partial charge in [-0.25, -0.2) is 13.8 Å². The Morgan fingerprint density at radius 3 is 2.44 bits per heavy atom. The fourth-order valence-electron chi connectivity index (χ4n) is 2.40. The number of methoxy groups -OCH3 is 1. The van der Waals surface area contributed by atoms with Crippen LogP contribution >= 0.6 is 0 Å². The Labute approximate surface area is 159 Å². The molecule has 0 radical (unpaired) electrons. The van der Waals surface area contributed by atoms with Crippen molar-refractivity contribution in [2.24, 2.45) is 5.10 Å². The van der Waals surface area contributed by atoms with E-state index in [1.807, 2.05) is 19.1 Å². The summed E-state index contributed by atoms with van der Waals surface area (Å²) in [5, 5.41) is 3.88. The van der Waals surface area contributed by atoms with Gasteiger partial charge in [0.1, 0.15) is 12.3 Å². The summed E-state index contributed by atoms with van der Waals surface area (Å²) < 4.78 is 30.5. The van der Waals surface area contributed by atoms with Crippen molar-refractivity contribution in [3.63, 3.8) is 0 Å². The first kappa shape index (κ1) is 20.4. The standard InChI is InChI=1S/C19H23N3O4S/c1-14-5-6-15(2)18(11-14)22(27(4,24)25)13-19(23)21-20-12-16-7-9-17(26-3)10-8-16/h5-12H,13H2,1-4H3,(H,21,23)/b20-12-. The topological polar surface area (TPSA) is 88.1 Å². The molecule has 7 nitrogen and oxygen atoms in total. The Balaban J connectivity index is 2.10. The zero-order valence-electron chi connectivity index (χ0n) is 15.8. The number of ether oxygens (including phenoxy) is 1. The lowest BCUT2D eigenvalue weighted by molar-refractivity contribution is -0.119. The number of rotatable bonds is 7. The quantitative estimate of drug-likeness (QED) is 0.581.